The van der Waals surface area contributed by atoms with Crippen LogP contribution in [0.4, 0.5) is 0 Å². The van der Waals surface area contributed by atoms with Crippen molar-refractivity contribution in [3.8, 4) is 0 Å². The molecule has 3 unspecified atom stereocenters. The van der Waals surface area contributed by atoms with Gasteiger partial charge >= 0.3 is 0 Å². The Bertz CT molecular complexity index is 197. The molecular weight excluding hydrogens is 280 g/mol. The van der Waals surface area contributed by atoms with Gasteiger partial charge in [0, 0.05) is 10.6 Å². The average molecular weight is 307 g/mol. The van der Waals surface area contributed by atoms with E-state index in [4.69, 9.17) is 0 Å². The predicted octanol–water partition coefficient (Wildman–Crippen LogP) is 5.36. The first-order valence-electron chi connectivity index (χ1n) is 6.61. The molecule has 0 saturated heterocycles. The lowest BCUT2D eigenvalue weighted by Gasteiger charge is -2.32. The fourth-order valence-corrected chi connectivity index (χ4v) is 5.73. The van der Waals surface area contributed by atoms with Crippen molar-refractivity contribution in [1.29, 1.82) is 0 Å². The van der Waals surface area contributed by atoms with Gasteiger partial charge in [0.15, 0.2) is 0 Å². The van der Waals surface area contributed by atoms with Gasteiger partial charge in [0.2, 0.25) is 0 Å². The van der Waals surface area contributed by atoms with Crippen LogP contribution in [0.25, 0.3) is 0 Å². The zero-order valence-electron chi connectivity index (χ0n) is 11.3. The van der Waals surface area contributed by atoms with Crippen LogP contribution in [0.1, 0.15) is 53.4 Å². The molecule has 16 heavy (non-hydrogen) atoms. The number of thioether (sulfide) groups is 1. The first kappa shape index (κ1) is 14.9. The van der Waals surface area contributed by atoms with E-state index in [0.29, 0.717) is 5.41 Å². The zero-order chi connectivity index (χ0) is 12.2. The van der Waals surface area contributed by atoms with Crippen LogP contribution in [-0.2, 0) is 0 Å². The maximum Gasteiger partial charge on any atom is 0.00725 e. The van der Waals surface area contributed by atoms with Gasteiger partial charge < -0.3 is 0 Å². The molecule has 0 radical (unpaired) electrons. The van der Waals surface area contributed by atoms with E-state index in [0.717, 1.165) is 22.4 Å². The highest BCUT2D eigenvalue weighted by Crippen LogP contribution is 2.36. The van der Waals surface area contributed by atoms with E-state index < -0.39 is 0 Å². The van der Waals surface area contributed by atoms with Crippen LogP contribution in [0, 0.1) is 17.3 Å². The Kier molecular flexibility index (Phi) is 6.22. The summed E-state index contributed by atoms with van der Waals surface area (Å²) in [7, 11) is 0. The Morgan fingerprint density at radius 2 is 2.00 bits per heavy atom. The third kappa shape index (κ3) is 5.00. The van der Waals surface area contributed by atoms with Gasteiger partial charge in [-0.2, -0.15) is 11.8 Å². The van der Waals surface area contributed by atoms with Crippen LogP contribution in [0.3, 0.4) is 0 Å². The SMILES string of the molecule is CC1CCCC(SCC(CBr)C(C)(C)C)C1. The van der Waals surface area contributed by atoms with E-state index in [9.17, 15) is 0 Å². The molecule has 96 valence electrons. The second kappa shape index (κ2) is 6.68. The molecule has 2 heteroatoms. The Labute approximate surface area is 114 Å². The number of hydrogen-bond acceptors (Lipinski definition) is 1. The Morgan fingerprint density at radius 1 is 1.31 bits per heavy atom. The highest BCUT2D eigenvalue weighted by Gasteiger charge is 2.26. The molecule has 1 aliphatic carbocycles. The number of alkyl halides is 1. The lowest BCUT2D eigenvalue weighted by molar-refractivity contribution is 0.294. The Morgan fingerprint density at radius 3 is 2.50 bits per heavy atom. The summed E-state index contributed by atoms with van der Waals surface area (Å²) in [4.78, 5) is 0. The van der Waals surface area contributed by atoms with Crippen LogP contribution in [0.2, 0.25) is 0 Å². The van der Waals surface area contributed by atoms with E-state index in [1.54, 1.807) is 0 Å². The fraction of sp³-hybridized carbons (Fsp3) is 1.00. The molecule has 0 aromatic rings. The normalized spacial score (nSPS) is 29.1. The number of halogens is 1. The molecule has 0 heterocycles. The van der Waals surface area contributed by atoms with Crippen molar-refractivity contribution in [2.75, 3.05) is 11.1 Å². The highest BCUT2D eigenvalue weighted by molar-refractivity contribution is 9.09. The molecule has 0 aromatic heterocycles. The van der Waals surface area contributed by atoms with Gasteiger partial charge in [-0.05, 0) is 35.8 Å². The predicted molar refractivity (Wildman–Crippen MR) is 80.6 cm³/mol. The molecule has 0 N–H and O–H groups in total. The zero-order valence-corrected chi connectivity index (χ0v) is 13.7. The minimum atomic E-state index is 0.441. The maximum atomic E-state index is 3.68. The van der Waals surface area contributed by atoms with Gasteiger partial charge in [-0.25, -0.2) is 0 Å². The Balaban J connectivity index is 2.32. The molecule has 0 aromatic carbocycles. The summed E-state index contributed by atoms with van der Waals surface area (Å²) < 4.78 is 0. The first-order chi connectivity index (χ1) is 7.43. The van der Waals surface area contributed by atoms with Crippen molar-refractivity contribution in [1.82, 2.24) is 0 Å². The van der Waals surface area contributed by atoms with E-state index in [2.05, 4.69) is 55.4 Å². The van der Waals surface area contributed by atoms with Crippen molar-refractivity contribution < 1.29 is 0 Å². The third-order valence-corrected chi connectivity index (χ3v) is 6.11. The molecule has 0 aliphatic heterocycles. The topological polar surface area (TPSA) is 0 Å². The summed E-state index contributed by atoms with van der Waals surface area (Å²) in [5.74, 6) is 3.09. The van der Waals surface area contributed by atoms with Crippen LogP contribution in [-0.4, -0.2) is 16.3 Å². The van der Waals surface area contributed by atoms with Crippen molar-refractivity contribution in [3.05, 3.63) is 0 Å². The van der Waals surface area contributed by atoms with Crippen molar-refractivity contribution >= 4 is 27.7 Å². The summed E-state index contributed by atoms with van der Waals surface area (Å²) in [6, 6.07) is 0. The standard InChI is InChI=1S/C14H27BrS/c1-11-6-5-7-13(8-11)16-10-12(9-15)14(2,3)4/h11-13H,5-10H2,1-4H3. The average Bonchev–Trinajstić information content (AvgIpc) is 2.16. The number of rotatable bonds is 4. The molecule has 0 nitrogen and oxygen atoms in total. The second-order valence-electron chi connectivity index (χ2n) is 6.44. The molecular formula is C14H27BrS. The largest absolute Gasteiger partial charge is 0.158 e. The summed E-state index contributed by atoms with van der Waals surface area (Å²) in [6.45, 7) is 9.51. The lowest BCUT2D eigenvalue weighted by Crippen LogP contribution is -2.26. The van der Waals surface area contributed by atoms with Gasteiger partial charge in [0.25, 0.3) is 0 Å². The van der Waals surface area contributed by atoms with Crippen molar-refractivity contribution in [2.24, 2.45) is 17.3 Å². The highest BCUT2D eigenvalue weighted by atomic mass is 79.9. The van der Waals surface area contributed by atoms with Crippen molar-refractivity contribution in [2.45, 2.75) is 58.6 Å². The molecule has 1 rings (SSSR count). The van der Waals surface area contributed by atoms with Gasteiger partial charge in [-0.1, -0.05) is 56.5 Å². The molecule has 1 aliphatic rings. The summed E-state index contributed by atoms with van der Waals surface area (Å²) in [5.41, 5.74) is 0.441. The van der Waals surface area contributed by atoms with Gasteiger partial charge in [-0.3, -0.25) is 0 Å². The molecule has 0 bridgehead atoms. The molecule has 0 spiro atoms. The van der Waals surface area contributed by atoms with E-state index in [1.807, 2.05) is 0 Å². The monoisotopic (exact) mass is 306 g/mol. The maximum absolute atomic E-state index is 3.68. The quantitative estimate of drug-likeness (QED) is 0.630. The Hall–Kier alpha value is 0.830. The molecule has 1 saturated carbocycles. The van der Waals surface area contributed by atoms with Crippen LogP contribution >= 0.6 is 27.7 Å². The molecule has 3 atom stereocenters. The van der Waals surface area contributed by atoms with Crippen molar-refractivity contribution in [3.63, 3.8) is 0 Å². The van der Waals surface area contributed by atoms with Crippen LogP contribution in [0.5, 0.6) is 0 Å². The second-order valence-corrected chi connectivity index (χ2v) is 8.43. The minimum absolute atomic E-state index is 0.441. The summed E-state index contributed by atoms with van der Waals surface area (Å²) in [6.07, 6.45) is 5.81. The molecule has 1 fully saturated rings. The van der Waals surface area contributed by atoms with Gasteiger partial charge in [-0.15, -0.1) is 0 Å². The third-order valence-electron chi connectivity index (χ3n) is 3.83. The molecule has 0 amide bonds. The number of hydrogen-bond donors (Lipinski definition) is 0. The minimum Gasteiger partial charge on any atom is -0.158 e. The van der Waals surface area contributed by atoms with Gasteiger partial charge in [0.1, 0.15) is 0 Å². The lowest BCUT2D eigenvalue weighted by atomic mass is 9.83. The van der Waals surface area contributed by atoms with E-state index in [-0.39, 0.29) is 0 Å². The van der Waals surface area contributed by atoms with Crippen LogP contribution in [0.15, 0.2) is 0 Å². The summed E-state index contributed by atoms with van der Waals surface area (Å²) in [5, 5.41) is 2.08. The fourth-order valence-electron chi connectivity index (χ4n) is 2.31. The summed E-state index contributed by atoms with van der Waals surface area (Å²) >= 11 is 5.91. The van der Waals surface area contributed by atoms with E-state index >= 15 is 0 Å². The smallest absolute Gasteiger partial charge is 0.00725 e. The van der Waals surface area contributed by atoms with E-state index in [1.165, 1.54) is 31.4 Å². The van der Waals surface area contributed by atoms with Gasteiger partial charge in [0.05, 0.1) is 0 Å². The van der Waals surface area contributed by atoms with Crippen LogP contribution < -0.4 is 0 Å². The first-order valence-corrected chi connectivity index (χ1v) is 8.78.